The molecule has 26 heavy (non-hydrogen) atoms. The second-order valence-corrected chi connectivity index (χ2v) is 8.64. The van der Waals surface area contributed by atoms with Gasteiger partial charge < -0.3 is 4.74 Å². The fourth-order valence-corrected chi connectivity index (χ4v) is 4.94. The maximum Gasteiger partial charge on any atom is 0.269 e. The highest BCUT2D eigenvalue weighted by Crippen LogP contribution is 2.29. The van der Waals surface area contributed by atoms with Gasteiger partial charge in [0.2, 0.25) is 0 Å². The summed E-state index contributed by atoms with van der Waals surface area (Å²) in [6.07, 6.45) is 5.40. The van der Waals surface area contributed by atoms with Crippen molar-refractivity contribution in [3.05, 3.63) is 58.6 Å². The topological polar surface area (TPSA) is 86.5 Å². The van der Waals surface area contributed by atoms with Crippen molar-refractivity contribution < 1.29 is 18.1 Å². The molecule has 0 radical (unpaired) electrons. The van der Waals surface area contributed by atoms with Crippen molar-refractivity contribution in [1.82, 2.24) is 0 Å². The maximum atomic E-state index is 12.6. The monoisotopic (exact) mass is 375 g/mol. The summed E-state index contributed by atoms with van der Waals surface area (Å²) < 4.78 is 30.7. The number of nitro groups is 1. The van der Waals surface area contributed by atoms with Crippen molar-refractivity contribution in [3.63, 3.8) is 0 Å². The number of sulfone groups is 1. The Bertz CT molecular complexity index is 854. The normalized spacial score (nSPS) is 15.5. The summed E-state index contributed by atoms with van der Waals surface area (Å²) >= 11 is 0. The van der Waals surface area contributed by atoms with Crippen LogP contribution in [-0.2, 0) is 9.84 Å². The van der Waals surface area contributed by atoms with Gasteiger partial charge in [0.05, 0.1) is 15.6 Å². The van der Waals surface area contributed by atoms with E-state index in [9.17, 15) is 18.5 Å². The fraction of sp³-hybridized carbons (Fsp3) is 0.368. The van der Waals surface area contributed by atoms with Crippen molar-refractivity contribution in [2.75, 3.05) is 5.75 Å². The molecular formula is C19H21NO5S. The predicted octanol–water partition coefficient (Wildman–Crippen LogP) is 4.74. The second-order valence-electron chi connectivity index (χ2n) is 6.61. The van der Waals surface area contributed by atoms with Gasteiger partial charge in [-0.25, -0.2) is 8.42 Å². The Labute approximate surface area is 152 Å². The fourth-order valence-electron chi connectivity index (χ4n) is 3.25. The highest BCUT2D eigenvalue weighted by Gasteiger charge is 2.23. The highest BCUT2D eigenvalue weighted by molar-refractivity contribution is 7.91. The average Bonchev–Trinajstić information content (AvgIpc) is 2.63. The van der Waals surface area contributed by atoms with Gasteiger partial charge in [-0.1, -0.05) is 19.3 Å². The zero-order valence-corrected chi connectivity index (χ0v) is 15.2. The zero-order chi connectivity index (χ0) is 18.6. The van der Waals surface area contributed by atoms with E-state index in [1.807, 2.05) is 0 Å². The van der Waals surface area contributed by atoms with E-state index in [4.69, 9.17) is 4.74 Å². The number of hydrogen-bond donors (Lipinski definition) is 0. The summed E-state index contributed by atoms with van der Waals surface area (Å²) in [6, 6.07) is 12.1. The Kier molecular flexibility index (Phi) is 5.56. The molecule has 2 aromatic rings. The average molecular weight is 375 g/mol. The van der Waals surface area contributed by atoms with E-state index < -0.39 is 14.8 Å². The van der Waals surface area contributed by atoms with Crippen molar-refractivity contribution in [1.29, 1.82) is 0 Å². The van der Waals surface area contributed by atoms with Crippen LogP contribution in [-0.4, -0.2) is 19.1 Å². The lowest BCUT2D eigenvalue weighted by molar-refractivity contribution is -0.384. The van der Waals surface area contributed by atoms with Gasteiger partial charge in [0, 0.05) is 12.1 Å². The third kappa shape index (κ3) is 4.60. The number of nitrogens with zero attached hydrogens (tertiary/aromatic N) is 1. The summed E-state index contributed by atoms with van der Waals surface area (Å²) in [4.78, 5) is 10.5. The lowest BCUT2D eigenvalue weighted by Gasteiger charge is -2.21. The molecule has 0 N–H and O–H groups in total. The standard InChI is InChI=1S/C19H21NO5S/c21-20(22)16-6-8-17(9-7-16)25-18-10-12-19(13-11-18)26(23,24)14-15-4-2-1-3-5-15/h6-13,15H,1-5,14H2. The Hall–Kier alpha value is -2.41. The van der Waals surface area contributed by atoms with Crippen LogP contribution in [0.2, 0.25) is 0 Å². The first-order chi connectivity index (χ1) is 12.4. The predicted molar refractivity (Wildman–Crippen MR) is 98.2 cm³/mol. The van der Waals surface area contributed by atoms with Crippen molar-refractivity contribution in [2.45, 2.75) is 37.0 Å². The molecule has 0 saturated heterocycles. The van der Waals surface area contributed by atoms with Gasteiger partial charge in [-0.15, -0.1) is 0 Å². The summed E-state index contributed by atoms with van der Waals surface area (Å²) in [5.41, 5.74) is -0.0125. The van der Waals surface area contributed by atoms with Gasteiger partial charge in [-0.05, 0) is 55.2 Å². The van der Waals surface area contributed by atoms with Crippen molar-refractivity contribution in [3.8, 4) is 11.5 Å². The minimum atomic E-state index is -3.30. The third-order valence-corrected chi connectivity index (χ3v) is 6.55. The molecule has 0 unspecified atom stereocenters. The summed E-state index contributed by atoms with van der Waals surface area (Å²) in [5.74, 6) is 1.39. The van der Waals surface area contributed by atoms with Crippen molar-refractivity contribution >= 4 is 15.5 Å². The lowest BCUT2D eigenvalue weighted by Crippen LogP contribution is -2.18. The summed E-state index contributed by atoms with van der Waals surface area (Å²) in [6.45, 7) is 0. The zero-order valence-electron chi connectivity index (χ0n) is 14.3. The van der Waals surface area contributed by atoms with Crippen LogP contribution in [0.3, 0.4) is 0 Å². The van der Waals surface area contributed by atoms with E-state index in [1.165, 1.54) is 30.7 Å². The van der Waals surface area contributed by atoms with E-state index in [2.05, 4.69) is 0 Å². The highest BCUT2D eigenvalue weighted by atomic mass is 32.2. The minimum Gasteiger partial charge on any atom is -0.457 e. The number of rotatable bonds is 6. The van der Waals surface area contributed by atoms with Crippen molar-refractivity contribution in [2.24, 2.45) is 5.92 Å². The van der Waals surface area contributed by atoms with Crippen LogP contribution in [0.1, 0.15) is 32.1 Å². The third-order valence-electron chi connectivity index (χ3n) is 4.65. The first kappa shape index (κ1) is 18.4. The lowest BCUT2D eigenvalue weighted by atomic mass is 9.91. The van der Waals surface area contributed by atoms with E-state index >= 15 is 0 Å². The molecule has 138 valence electrons. The molecule has 2 aromatic carbocycles. The maximum absolute atomic E-state index is 12.6. The summed E-state index contributed by atoms with van der Waals surface area (Å²) in [5, 5.41) is 10.7. The van der Waals surface area contributed by atoms with Crippen LogP contribution < -0.4 is 4.74 Å². The molecule has 0 bridgehead atoms. The minimum absolute atomic E-state index is 0.0125. The van der Waals surface area contributed by atoms with E-state index in [-0.39, 0.29) is 17.4 Å². The molecule has 0 spiro atoms. The number of nitro benzene ring substituents is 1. The smallest absolute Gasteiger partial charge is 0.269 e. The van der Waals surface area contributed by atoms with Gasteiger partial charge >= 0.3 is 0 Å². The molecule has 0 aliphatic heterocycles. The second kappa shape index (κ2) is 7.86. The SMILES string of the molecule is O=[N+]([O-])c1ccc(Oc2ccc(S(=O)(=O)CC3CCCCC3)cc2)cc1. The van der Waals surface area contributed by atoms with Crippen LogP contribution in [0, 0.1) is 16.0 Å². The van der Waals surface area contributed by atoms with Crippen LogP contribution >= 0.6 is 0 Å². The summed E-state index contributed by atoms with van der Waals surface area (Å²) in [7, 11) is -3.30. The molecule has 7 heteroatoms. The molecule has 0 aromatic heterocycles. The quantitative estimate of drug-likeness (QED) is 0.537. The Morgan fingerprint density at radius 1 is 0.923 bits per heavy atom. The van der Waals surface area contributed by atoms with E-state index in [1.54, 1.807) is 24.3 Å². The van der Waals surface area contributed by atoms with Crippen LogP contribution in [0.5, 0.6) is 11.5 Å². The first-order valence-corrected chi connectivity index (χ1v) is 10.3. The molecule has 3 rings (SSSR count). The number of non-ortho nitro benzene ring substituents is 1. The number of hydrogen-bond acceptors (Lipinski definition) is 5. The molecular weight excluding hydrogens is 354 g/mol. The molecule has 0 heterocycles. The van der Waals surface area contributed by atoms with Crippen LogP contribution in [0.25, 0.3) is 0 Å². The number of ether oxygens (including phenoxy) is 1. The molecule has 0 amide bonds. The number of benzene rings is 2. The van der Waals surface area contributed by atoms with E-state index in [0.29, 0.717) is 16.4 Å². The molecule has 6 nitrogen and oxygen atoms in total. The van der Waals surface area contributed by atoms with E-state index in [0.717, 1.165) is 25.7 Å². The van der Waals surface area contributed by atoms with Gasteiger partial charge in [0.25, 0.3) is 5.69 Å². The first-order valence-electron chi connectivity index (χ1n) is 8.69. The molecule has 1 fully saturated rings. The Morgan fingerprint density at radius 2 is 1.46 bits per heavy atom. The molecule has 1 aliphatic carbocycles. The van der Waals surface area contributed by atoms with Gasteiger partial charge in [-0.3, -0.25) is 10.1 Å². The Balaban J connectivity index is 1.66. The molecule has 1 aliphatic rings. The van der Waals surface area contributed by atoms with Gasteiger partial charge in [0.15, 0.2) is 9.84 Å². The largest absolute Gasteiger partial charge is 0.457 e. The van der Waals surface area contributed by atoms with Gasteiger partial charge in [-0.2, -0.15) is 0 Å². The van der Waals surface area contributed by atoms with Crippen LogP contribution in [0.15, 0.2) is 53.4 Å². The molecule has 0 atom stereocenters. The van der Waals surface area contributed by atoms with Crippen LogP contribution in [0.4, 0.5) is 5.69 Å². The molecule has 1 saturated carbocycles. The van der Waals surface area contributed by atoms with Gasteiger partial charge in [0.1, 0.15) is 11.5 Å². The Morgan fingerprint density at radius 3 is 2.00 bits per heavy atom.